The summed E-state index contributed by atoms with van der Waals surface area (Å²) in [4.78, 5) is 10.7. The highest BCUT2D eigenvalue weighted by molar-refractivity contribution is 5.66. The molecule has 0 spiro atoms. The highest BCUT2D eigenvalue weighted by atomic mass is 19.1. The van der Waals surface area contributed by atoms with Crippen molar-refractivity contribution in [1.82, 2.24) is 9.97 Å². The molecule has 5 nitrogen and oxygen atoms in total. The van der Waals surface area contributed by atoms with Gasteiger partial charge >= 0.3 is 0 Å². The van der Waals surface area contributed by atoms with E-state index in [1.54, 1.807) is 24.4 Å². The Morgan fingerprint density at radius 3 is 2.92 bits per heavy atom. The zero-order chi connectivity index (χ0) is 17.1. The maximum atomic E-state index is 14.4. The van der Waals surface area contributed by atoms with Gasteiger partial charge in [0, 0.05) is 19.3 Å². The van der Waals surface area contributed by atoms with Crippen LogP contribution in [0.25, 0.3) is 11.4 Å². The molecule has 2 heterocycles. The summed E-state index contributed by atoms with van der Waals surface area (Å²) < 4.78 is 20.1. The summed E-state index contributed by atoms with van der Waals surface area (Å²) in [5.41, 5.74) is 0.269. The van der Waals surface area contributed by atoms with Gasteiger partial charge in [-0.15, -0.1) is 0 Å². The fourth-order valence-corrected chi connectivity index (χ4v) is 2.88. The van der Waals surface area contributed by atoms with Crippen LogP contribution in [0.3, 0.4) is 0 Å². The first-order valence-corrected chi connectivity index (χ1v) is 8.26. The number of aromatic nitrogens is 2. The molecule has 0 saturated carbocycles. The van der Waals surface area contributed by atoms with E-state index in [1.807, 2.05) is 18.7 Å². The number of nitrogens with zero attached hydrogens (tertiary/aromatic N) is 3. The molecule has 1 fully saturated rings. The summed E-state index contributed by atoms with van der Waals surface area (Å²) in [6, 6.07) is 6.50. The predicted molar refractivity (Wildman–Crippen MR) is 90.6 cm³/mol. The molecule has 1 aliphatic heterocycles. The Bertz CT molecular complexity index is 708. The third-order valence-corrected chi connectivity index (χ3v) is 3.92. The van der Waals surface area contributed by atoms with Crippen LogP contribution in [0.15, 0.2) is 30.5 Å². The maximum Gasteiger partial charge on any atom is 0.168 e. The molecule has 1 aromatic carbocycles. The minimum Gasteiger partial charge on any atom is -0.490 e. The van der Waals surface area contributed by atoms with Gasteiger partial charge in [-0.1, -0.05) is 6.07 Å². The van der Waals surface area contributed by atoms with Crippen molar-refractivity contribution < 1.29 is 14.2 Å². The molecule has 0 radical (unpaired) electrons. The number of ether oxygens (including phenoxy) is 1. The number of hydrogen-bond acceptors (Lipinski definition) is 5. The minimum absolute atomic E-state index is 0.0778. The van der Waals surface area contributed by atoms with Gasteiger partial charge in [0.2, 0.25) is 0 Å². The summed E-state index contributed by atoms with van der Waals surface area (Å²) >= 11 is 0. The molecule has 1 aliphatic rings. The first kappa shape index (κ1) is 16.6. The number of anilines is 1. The Morgan fingerprint density at radius 2 is 2.17 bits per heavy atom. The van der Waals surface area contributed by atoms with Gasteiger partial charge < -0.3 is 14.7 Å². The molecule has 0 bridgehead atoms. The number of aliphatic hydroxyl groups is 1. The summed E-state index contributed by atoms with van der Waals surface area (Å²) in [5.74, 6) is 1.00. The van der Waals surface area contributed by atoms with E-state index in [4.69, 9.17) is 4.74 Å². The molecule has 1 unspecified atom stereocenters. The van der Waals surface area contributed by atoms with Crippen LogP contribution in [-0.2, 0) is 0 Å². The van der Waals surface area contributed by atoms with Crippen molar-refractivity contribution in [3.63, 3.8) is 0 Å². The monoisotopic (exact) mass is 331 g/mol. The number of β-amino-alcohol motifs (C(OH)–C–C–N with tert-alkyl or cyclic N) is 1. The Kier molecular flexibility index (Phi) is 4.94. The lowest BCUT2D eigenvalue weighted by atomic mass is 10.1. The van der Waals surface area contributed by atoms with Gasteiger partial charge in [-0.25, -0.2) is 14.4 Å². The topological polar surface area (TPSA) is 58.5 Å². The van der Waals surface area contributed by atoms with Crippen molar-refractivity contribution in [2.75, 3.05) is 18.0 Å². The van der Waals surface area contributed by atoms with Crippen LogP contribution in [0, 0.1) is 5.82 Å². The van der Waals surface area contributed by atoms with Crippen molar-refractivity contribution in [2.45, 2.75) is 38.9 Å². The van der Waals surface area contributed by atoms with E-state index in [0.29, 0.717) is 23.9 Å². The smallest absolute Gasteiger partial charge is 0.168 e. The lowest BCUT2D eigenvalue weighted by Crippen LogP contribution is -2.38. The van der Waals surface area contributed by atoms with Gasteiger partial charge in [0.25, 0.3) is 0 Å². The molecular weight excluding hydrogens is 309 g/mol. The van der Waals surface area contributed by atoms with E-state index >= 15 is 0 Å². The molecule has 1 aromatic heterocycles. The summed E-state index contributed by atoms with van der Waals surface area (Å²) in [5, 5.41) is 9.85. The molecule has 0 amide bonds. The standard InChI is InChI=1S/C18H22FN3O2/c1-12(2)24-15-7-3-6-14(19)17(15)18-20-9-8-16(21-18)22-10-4-5-13(23)11-22/h3,6-9,12-13,23H,4-5,10-11H2,1-2H3. The number of piperidine rings is 1. The second-order valence-corrected chi connectivity index (χ2v) is 6.26. The van der Waals surface area contributed by atoms with E-state index in [0.717, 1.165) is 19.4 Å². The normalized spacial score (nSPS) is 18.0. The minimum atomic E-state index is -0.413. The zero-order valence-electron chi connectivity index (χ0n) is 13.9. The molecule has 6 heteroatoms. The third kappa shape index (κ3) is 3.64. The third-order valence-electron chi connectivity index (χ3n) is 3.92. The largest absolute Gasteiger partial charge is 0.490 e. The Balaban J connectivity index is 1.97. The number of aliphatic hydroxyl groups excluding tert-OH is 1. The number of rotatable bonds is 4. The fourth-order valence-electron chi connectivity index (χ4n) is 2.88. The maximum absolute atomic E-state index is 14.4. The summed E-state index contributed by atoms with van der Waals surface area (Å²) in [6.45, 7) is 5.13. The zero-order valence-corrected chi connectivity index (χ0v) is 13.9. The fraction of sp³-hybridized carbons (Fsp3) is 0.444. The predicted octanol–water partition coefficient (Wildman–Crippen LogP) is 3.03. The lowest BCUT2D eigenvalue weighted by Gasteiger charge is -2.31. The second-order valence-electron chi connectivity index (χ2n) is 6.26. The number of benzene rings is 1. The first-order chi connectivity index (χ1) is 11.5. The summed E-state index contributed by atoms with van der Waals surface area (Å²) in [7, 11) is 0. The van der Waals surface area contributed by atoms with Crippen molar-refractivity contribution in [1.29, 1.82) is 0 Å². The van der Waals surface area contributed by atoms with Gasteiger partial charge in [-0.05, 0) is 44.9 Å². The van der Waals surface area contributed by atoms with Gasteiger partial charge in [-0.2, -0.15) is 0 Å². The van der Waals surface area contributed by atoms with E-state index in [2.05, 4.69) is 9.97 Å². The molecule has 2 aromatic rings. The van der Waals surface area contributed by atoms with E-state index in [-0.39, 0.29) is 17.8 Å². The lowest BCUT2D eigenvalue weighted by molar-refractivity contribution is 0.154. The van der Waals surface area contributed by atoms with Crippen LogP contribution in [0.4, 0.5) is 10.2 Å². The van der Waals surface area contributed by atoms with Crippen LogP contribution in [0.2, 0.25) is 0 Å². The van der Waals surface area contributed by atoms with Crippen LogP contribution in [-0.4, -0.2) is 40.4 Å². The Hall–Kier alpha value is -2.21. The van der Waals surface area contributed by atoms with Crippen LogP contribution >= 0.6 is 0 Å². The summed E-state index contributed by atoms with van der Waals surface area (Å²) in [6.07, 6.45) is 2.89. The molecular formula is C18H22FN3O2. The molecule has 1 N–H and O–H groups in total. The van der Waals surface area contributed by atoms with Gasteiger partial charge in [0.15, 0.2) is 5.82 Å². The highest BCUT2D eigenvalue weighted by Gasteiger charge is 2.21. The van der Waals surface area contributed by atoms with Crippen molar-refractivity contribution >= 4 is 5.82 Å². The quantitative estimate of drug-likeness (QED) is 0.933. The Morgan fingerprint density at radius 1 is 1.33 bits per heavy atom. The van der Waals surface area contributed by atoms with Gasteiger partial charge in [-0.3, -0.25) is 0 Å². The van der Waals surface area contributed by atoms with Crippen LogP contribution < -0.4 is 9.64 Å². The van der Waals surface area contributed by atoms with Gasteiger partial charge in [0.1, 0.15) is 17.4 Å². The van der Waals surface area contributed by atoms with E-state index in [1.165, 1.54) is 6.07 Å². The Labute approximate surface area is 141 Å². The molecule has 0 aliphatic carbocycles. The van der Waals surface area contributed by atoms with Gasteiger partial charge in [0.05, 0.1) is 17.8 Å². The molecule has 128 valence electrons. The molecule has 1 atom stereocenters. The van der Waals surface area contributed by atoms with Crippen molar-refractivity contribution in [3.05, 3.63) is 36.3 Å². The molecule has 1 saturated heterocycles. The molecule has 3 rings (SSSR count). The van der Waals surface area contributed by atoms with E-state index < -0.39 is 5.82 Å². The van der Waals surface area contributed by atoms with Crippen LogP contribution in [0.1, 0.15) is 26.7 Å². The van der Waals surface area contributed by atoms with E-state index in [9.17, 15) is 9.50 Å². The SMILES string of the molecule is CC(C)Oc1cccc(F)c1-c1nccc(N2CCCC(O)C2)n1. The first-order valence-electron chi connectivity index (χ1n) is 8.26. The average Bonchev–Trinajstić information content (AvgIpc) is 2.54. The van der Waals surface area contributed by atoms with Crippen LogP contribution in [0.5, 0.6) is 5.75 Å². The highest BCUT2D eigenvalue weighted by Crippen LogP contribution is 2.32. The second kappa shape index (κ2) is 7.13. The van der Waals surface area contributed by atoms with Crippen molar-refractivity contribution in [3.8, 4) is 17.1 Å². The average molecular weight is 331 g/mol. The molecule has 24 heavy (non-hydrogen) atoms. The number of hydrogen-bond donors (Lipinski definition) is 1. The number of halogens is 1. The van der Waals surface area contributed by atoms with Crippen molar-refractivity contribution in [2.24, 2.45) is 0 Å².